The van der Waals surface area contributed by atoms with Gasteiger partial charge < -0.3 is 9.88 Å². The second-order valence-electron chi connectivity index (χ2n) is 5.13. The van der Waals surface area contributed by atoms with Crippen LogP contribution in [0.4, 0.5) is 0 Å². The van der Waals surface area contributed by atoms with E-state index < -0.39 is 11.2 Å². The van der Waals surface area contributed by atoms with Gasteiger partial charge in [-0.25, -0.2) is 9.78 Å². The van der Waals surface area contributed by atoms with Crippen LogP contribution in [0, 0.1) is 0 Å². The number of carbonyl (C=O) groups is 1. The van der Waals surface area contributed by atoms with Crippen molar-refractivity contribution < 1.29 is 4.79 Å². The van der Waals surface area contributed by atoms with Gasteiger partial charge in [0.2, 0.25) is 5.91 Å². The molecule has 0 aromatic carbocycles. The van der Waals surface area contributed by atoms with Gasteiger partial charge in [-0.1, -0.05) is 6.92 Å². The summed E-state index contributed by atoms with van der Waals surface area (Å²) in [5, 5.41) is 2.83. The van der Waals surface area contributed by atoms with E-state index in [9.17, 15) is 14.4 Å². The number of hydrogen-bond donors (Lipinski definition) is 1. The third kappa shape index (κ3) is 2.61. The summed E-state index contributed by atoms with van der Waals surface area (Å²) in [7, 11) is 2.95. The molecule has 0 bridgehead atoms. The molecule has 0 saturated heterocycles. The van der Waals surface area contributed by atoms with Gasteiger partial charge in [-0.3, -0.25) is 18.7 Å². The number of imidazole rings is 1. The summed E-state index contributed by atoms with van der Waals surface area (Å²) in [6, 6.07) is 0.0690. The van der Waals surface area contributed by atoms with Gasteiger partial charge in [0.05, 0.1) is 6.33 Å². The number of nitrogens with one attached hydrogen (secondary N) is 1. The quantitative estimate of drug-likeness (QED) is 0.811. The Morgan fingerprint density at radius 3 is 2.62 bits per heavy atom. The van der Waals surface area contributed by atoms with E-state index in [-0.39, 0.29) is 29.7 Å². The maximum absolute atomic E-state index is 12.2. The molecule has 114 valence electrons. The Balaban J connectivity index is 2.46. The van der Waals surface area contributed by atoms with Crippen LogP contribution in [0.3, 0.4) is 0 Å². The second kappa shape index (κ2) is 5.55. The number of amides is 1. The molecule has 1 N–H and O–H groups in total. The van der Waals surface area contributed by atoms with E-state index in [4.69, 9.17) is 0 Å². The average molecular weight is 293 g/mol. The zero-order valence-corrected chi connectivity index (χ0v) is 12.6. The van der Waals surface area contributed by atoms with Gasteiger partial charge >= 0.3 is 5.69 Å². The molecule has 2 rings (SSSR count). The first kappa shape index (κ1) is 15.0. The van der Waals surface area contributed by atoms with Crippen LogP contribution in [-0.4, -0.2) is 30.6 Å². The molecule has 0 aliphatic heterocycles. The largest absolute Gasteiger partial charge is 0.352 e. The van der Waals surface area contributed by atoms with Crippen molar-refractivity contribution in [3.63, 3.8) is 0 Å². The summed E-state index contributed by atoms with van der Waals surface area (Å²) in [5.74, 6) is -0.195. The smallest absolute Gasteiger partial charge is 0.332 e. The average Bonchev–Trinajstić information content (AvgIpc) is 2.86. The van der Waals surface area contributed by atoms with Crippen LogP contribution >= 0.6 is 0 Å². The Bertz CT molecular complexity index is 798. The summed E-state index contributed by atoms with van der Waals surface area (Å²) >= 11 is 0. The minimum Gasteiger partial charge on any atom is -0.352 e. The highest BCUT2D eigenvalue weighted by molar-refractivity contribution is 5.79. The van der Waals surface area contributed by atoms with Crippen LogP contribution in [0.25, 0.3) is 11.2 Å². The standard InChI is InChI=1S/C13H19N5O3/c1-5-8(2)15-9(19)6-18-7-14-11-10(18)12(20)17(4)13(21)16(11)3/h7-8H,5-6H2,1-4H3,(H,15,19). The first-order valence-electron chi connectivity index (χ1n) is 6.77. The first-order chi connectivity index (χ1) is 9.86. The summed E-state index contributed by atoms with van der Waals surface area (Å²) in [4.78, 5) is 40.0. The molecule has 8 heteroatoms. The predicted molar refractivity (Wildman–Crippen MR) is 78.1 cm³/mol. The molecule has 0 radical (unpaired) electrons. The van der Waals surface area contributed by atoms with E-state index in [0.717, 1.165) is 11.0 Å². The van der Waals surface area contributed by atoms with Crippen molar-refractivity contribution in [2.75, 3.05) is 0 Å². The van der Waals surface area contributed by atoms with E-state index in [1.54, 1.807) is 7.05 Å². The number of hydrogen-bond acceptors (Lipinski definition) is 4. The fraction of sp³-hybridized carbons (Fsp3) is 0.538. The zero-order chi connectivity index (χ0) is 15.7. The highest BCUT2D eigenvalue weighted by Crippen LogP contribution is 2.05. The van der Waals surface area contributed by atoms with Crippen LogP contribution in [0.5, 0.6) is 0 Å². The maximum atomic E-state index is 12.2. The molecule has 0 aliphatic carbocycles. The van der Waals surface area contributed by atoms with E-state index >= 15 is 0 Å². The van der Waals surface area contributed by atoms with E-state index in [0.29, 0.717) is 0 Å². The highest BCUT2D eigenvalue weighted by atomic mass is 16.2. The second-order valence-corrected chi connectivity index (χ2v) is 5.13. The molecule has 8 nitrogen and oxygen atoms in total. The van der Waals surface area contributed by atoms with Gasteiger partial charge in [0.25, 0.3) is 5.56 Å². The van der Waals surface area contributed by atoms with Gasteiger partial charge in [-0.05, 0) is 13.3 Å². The fourth-order valence-corrected chi connectivity index (χ4v) is 2.09. The lowest BCUT2D eigenvalue weighted by Gasteiger charge is -2.12. The molecule has 21 heavy (non-hydrogen) atoms. The lowest BCUT2D eigenvalue weighted by atomic mass is 10.2. The molecule has 2 aromatic heterocycles. The molecule has 0 saturated carbocycles. The number of aryl methyl sites for hydroxylation is 1. The summed E-state index contributed by atoms with van der Waals surface area (Å²) in [5.41, 5.74) is -0.373. The van der Waals surface area contributed by atoms with E-state index in [2.05, 4.69) is 10.3 Å². The van der Waals surface area contributed by atoms with Crippen molar-refractivity contribution >= 4 is 17.1 Å². The van der Waals surface area contributed by atoms with Crippen molar-refractivity contribution in [2.24, 2.45) is 14.1 Å². The van der Waals surface area contributed by atoms with Gasteiger partial charge in [0.15, 0.2) is 11.2 Å². The Morgan fingerprint density at radius 1 is 1.33 bits per heavy atom. The summed E-state index contributed by atoms with van der Waals surface area (Å²) in [6.07, 6.45) is 2.23. The molecule has 1 unspecified atom stereocenters. The number of nitrogens with zero attached hydrogens (tertiary/aromatic N) is 4. The maximum Gasteiger partial charge on any atom is 0.332 e. The molecule has 2 aromatic rings. The van der Waals surface area contributed by atoms with Crippen LogP contribution in [-0.2, 0) is 25.4 Å². The predicted octanol–water partition coefficient (Wildman–Crippen LogP) is -0.652. The summed E-state index contributed by atoms with van der Waals surface area (Å²) in [6.45, 7) is 3.88. The van der Waals surface area contributed by atoms with Crippen molar-refractivity contribution in [3.8, 4) is 0 Å². The Kier molecular flexibility index (Phi) is 3.97. The molecular weight excluding hydrogens is 274 g/mol. The third-order valence-corrected chi connectivity index (χ3v) is 3.55. The number of fused-ring (bicyclic) bond motifs is 1. The fourth-order valence-electron chi connectivity index (χ4n) is 2.09. The monoisotopic (exact) mass is 293 g/mol. The topological polar surface area (TPSA) is 90.9 Å². The SMILES string of the molecule is CCC(C)NC(=O)Cn1cnc2c1c(=O)n(C)c(=O)n2C. The molecule has 0 aliphatic rings. The molecular formula is C13H19N5O3. The third-order valence-electron chi connectivity index (χ3n) is 3.55. The van der Waals surface area contributed by atoms with Gasteiger partial charge in [0, 0.05) is 20.1 Å². The number of aromatic nitrogens is 4. The van der Waals surface area contributed by atoms with Gasteiger partial charge in [0.1, 0.15) is 6.54 Å². The zero-order valence-electron chi connectivity index (χ0n) is 12.6. The van der Waals surface area contributed by atoms with Crippen molar-refractivity contribution in [2.45, 2.75) is 32.9 Å². The van der Waals surface area contributed by atoms with Crippen LogP contribution < -0.4 is 16.6 Å². The molecule has 2 heterocycles. The number of carbonyl (C=O) groups excluding carboxylic acids is 1. The van der Waals surface area contributed by atoms with Crippen molar-refractivity contribution in [1.82, 2.24) is 24.0 Å². The summed E-state index contributed by atoms with van der Waals surface area (Å²) < 4.78 is 3.77. The normalized spacial score (nSPS) is 12.6. The minimum absolute atomic E-state index is 0.00567. The lowest BCUT2D eigenvalue weighted by Crippen LogP contribution is -2.38. The first-order valence-corrected chi connectivity index (χ1v) is 6.77. The van der Waals surface area contributed by atoms with E-state index in [1.807, 2.05) is 13.8 Å². The minimum atomic E-state index is -0.457. The highest BCUT2D eigenvalue weighted by Gasteiger charge is 2.16. The Morgan fingerprint density at radius 2 is 2.00 bits per heavy atom. The Hall–Kier alpha value is -2.38. The molecule has 1 amide bonds. The van der Waals surface area contributed by atoms with Crippen molar-refractivity contribution in [1.29, 1.82) is 0 Å². The van der Waals surface area contributed by atoms with E-state index in [1.165, 1.54) is 22.5 Å². The molecule has 1 atom stereocenters. The van der Waals surface area contributed by atoms with Gasteiger partial charge in [-0.2, -0.15) is 0 Å². The van der Waals surface area contributed by atoms with Crippen LogP contribution in [0.1, 0.15) is 20.3 Å². The molecule has 0 spiro atoms. The van der Waals surface area contributed by atoms with Crippen molar-refractivity contribution in [3.05, 3.63) is 27.2 Å². The van der Waals surface area contributed by atoms with Gasteiger partial charge in [-0.15, -0.1) is 0 Å². The molecule has 0 fully saturated rings. The lowest BCUT2D eigenvalue weighted by molar-refractivity contribution is -0.122. The Labute approximate surface area is 121 Å². The van der Waals surface area contributed by atoms with Crippen LogP contribution in [0.2, 0.25) is 0 Å². The van der Waals surface area contributed by atoms with Crippen LogP contribution in [0.15, 0.2) is 15.9 Å². The number of rotatable bonds is 4.